The van der Waals surface area contributed by atoms with E-state index < -0.39 is 9.84 Å². The molecule has 1 aliphatic rings. The maximum Gasteiger partial charge on any atom is 0.201 e. The van der Waals surface area contributed by atoms with Gasteiger partial charge in [-0.3, -0.25) is 4.79 Å². The number of aryl methyl sites for hydroxylation is 1. The fourth-order valence-electron chi connectivity index (χ4n) is 1.62. The molecule has 3 nitrogen and oxygen atoms in total. The molecular weight excluding hydrogens is 200 g/mol. The Labute approximate surface area is 82.0 Å². The highest BCUT2D eigenvalue weighted by atomic mass is 32.2. The predicted octanol–water partition coefficient (Wildman–Crippen LogP) is 1.32. The second-order valence-corrected chi connectivity index (χ2v) is 4.95. The van der Waals surface area contributed by atoms with E-state index in [1.807, 2.05) is 0 Å². The van der Waals surface area contributed by atoms with Crippen LogP contribution in [0, 0.1) is 6.92 Å². The number of aldehydes is 1. The molecule has 0 N–H and O–H groups in total. The van der Waals surface area contributed by atoms with Crippen molar-refractivity contribution < 1.29 is 13.2 Å². The molecule has 0 radical (unpaired) electrons. The smallest absolute Gasteiger partial charge is 0.201 e. The third-order valence-corrected chi connectivity index (χ3v) is 3.76. The van der Waals surface area contributed by atoms with Gasteiger partial charge in [0, 0.05) is 16.5 Å². The lowest BCUT2D eigenvalue weighted by atomic mass is 10.0. The van der Waals surface area contributed by atoms with E-state index in [0.29, 0.717) is 11.8 Å². The van der Waals surface area contributed by atoms with Crippen LogP contribution in [0.1, 0.15) is 11.1 Å². The first-order chi connectivity index (χ1) is 6.56. The first kappa shape index (κ1) is 9.15. The van der Waals surface area contributed by atoms with E-state index in [2.05, 4.69) is 0 Å². The van der Waals surface area contributed by atoms with Gasteiger partial charge in [-0.05, 0) is 18.6 Å². The summed E-state index contributed by atoms with van der Waals surface area (Å²) in [4.78, 5) is 10.9. The highest BCUT2D eigenvalue weighted by Crippen LogP contribution is 2.34. The van der Waals surface area contributed by atoms with Gasteiger partial charge in [-0.25, -0.2) is 8.42 Å². The van der Waals surface area contributed by atoms with Crippen molar-refractivity contribution in [1.29, 1.82) is 0 Å². The van der Waals surface area contributed by atoms with E-state index in [4.69, 9.17) is 0 Å². The maximum atomic E-state index is 11.5. The number of sulfone groups is 1. The van der Waals surface area contributed by atoms with Crippen molar-refractivity contribution in [1.82, 2.24) is 0 Å². The van der Waals surface area contributed by atoms with Gasteiger partial charge in [-0.2, -0.15) is 0 Å². The molecule has 0 bridgehead atoms. The fourth-order valence-corrected chi connectivity index (χ4v) is 3.09. The van der Waals surface area contributed by atoms with Gasteiger partial charge in [0.15, 0.2) is 6.29 Å². The summed E-state index contributed by atoms with van der Waals surface area (Å²) in [5, 5.41) is 1.03. The average Bonchev–Trinajstić information content (AvgIpc) is 2.40. The zero-order chi connectivity index (χ0) is 10.3. The van der Waals surface area contributed by atoms with Gasteiger partial charge < -0.3 is 0 Å². The molecule has 2 rings (SSSR count). The molecule has 0 amide bonds. The molecule has 1 aromatic rings. The Morgan fingerprint density at radius 3 is 2.64 bits per heavy atom. The molecule has 0 aliphatic carbocycles. The average molecular weight is 208 g/mol. The van der Waals surface area contributed by atoms with Crippen LogP contribution in [0.5, 0.6) is 0 Å². The quantitative estimate of drug-likeness (QED) is 0.654. The van der Waals surface area contributed by atoms with Crippen molar-refractivity contribution in [3.05, 3.63) is 34.7 Å². The van der Waals surface area contributed by atoms with E-state index in [1.165, 1.54) is 6.07 Å². The second-order valence-electron chi connectivity index (χ2n) is 3.18. The van der Waals surface area contributed by atoms with Crippen molar-refractivity contribution >= 4 is 21.7 Å². The Balaban J connectivity index is 2.89. The molecule has 72 valence electrons. The predicted molar refractivity (Wildman–Crippen MR) is 52.4 cm³/mol. The lowest BCUT2D eigenvalue weighted by Crippen LogP contribution is -1.94. The third-order valence-electron chi connectivity index (χ3n) is 2.24. The number of fused-ring (bicyclic) bond motifs is 1. The van der Waals surface area contributed by atoms with Crippen LogP contribution in [0.4, 0.5) is 0 Å². The first-order valence-electron chi connectivity index (χ1n) is 4.08. The Morgan fingerprint density at radius 1 is 1.29 bits per heavy atom. The minimum atomic E-state index is -3.38. The Hall–Kier alpha value is -1.42. The van der Waals surface area contributed by atoms with E-state index in [1.54, 1.807) is 19.1 Å². The second kappa shape index (κ2) is 2.78. The van der Waals surface area contributed by atoms with Crippen LogP contribution in [0.25, 0.3) is 5.57 Å². The third kappa shape index (κ3) is 1.11. The van der Waals surface area contributed by atoms with Gasteiger partial charge in [0.25, 0.3) is 0 Å². The van der Waals surface area contributed by atoms with Crippen LogP contribution >= 0.6 is 0 Å². The zero-order valence-electron chi connectivity index (χ0n) is 7.52. The summed E-state index contributed by atoms with van der Waals surface area (Å²) in [6.45, 7) is 1.79. The van der Waals surface area contributed by atoms with E-state index in [9.17, 15) is 13.2 Å². The Bertz CT molecular complexity index is 538. The summed E-state index contributed by atoms with van der Waals surface area (Å²) < 4.78 is 23.1. The molecule has 14 heavy (non-hydrogen) atoms. The number of allylic oxidation sites excluding steroid dienone is 1. The standard InChI is InChI=1S/C10H8O3S/c1-7-3-2-4-9-10(7)8(5-11)6-14(9,12)13/h2-6H,1H3. The van der Waals surface area contributed by atoms with Crippen LogP contribution < -0.4 is 0 Å². The van der Waals surface area contributed by atoms with Crippen molar-refractivity contribution in [2.24, 2.45) is 0 Å². The van der Waals surface area contributed by atoms with Crippen LogP contribution in [0.3, 0.4) is 0 Å². The number of carbonyl (C=O) groups is 1. The molecule has 0 saturated heterocycles. The Kier molecular flexibility index (Phi) is 1.82. The summed E-state index contributed by atoms with van der Waals surface area (Å²) >= 11 is 0. The minimum absolute atomic E-state index is 0.236. The summed E-state index contributed by atoms with van der Waals surface area (Å²) in [5.74, 6) is 0. The number of benzene rings is 1. The highest BCUT2D eigenvalue weighted by Gasteiger charge is 2.27. The fraction of sp³-hybridized carbons (Fsp3) is 0.100. The van der Waals surface area contributed by atoms with Crippen LogP contribution in [0.2, 0.25) is 0 Å². The molecule has 0 spiro atoms. The number of rotatable bonds is 1. The van der Waals surface area contributed by atoms with Crippen LogP contribution in [-0.2, 0) is 14.6 Å². The van der Waals surface area contributed by atoms with Gasteiger partial charge in [-0.1, -0.05) is 12.1 Å². The van der Waals surface area contributed by atoms with Gasteiger partial charge in [0.2, 0.25) is 9.84 Å². The topological polar surface area (TPSA) is 51.2 Å². The van der Waals surface area contributed by atoms with E-state index >= 15 is 0 Å². The Morgan fingerprint density at radius 2 is 2.00 bits per heavy atom. The van der Waals surface area contributed by atoms with Gasteiger partial charge in [0.1, 0.15) is 0 Å². The largest absolute Gasteiger partial charge is 0.298 e. The molecule has 1 aliphatic heterocycles. The summed E-state index contributed by atoms with van der Waals surface area (Å²) in [6, 6.07) is 4.98. The first-order valence-corrected chi connectivity index (χ1v) is 5.63. The zero-order valence-corrected chi connectivity index (χ0v) is 8.34. The molecule has 1 aromatic carbocycles. The molecule has 0 atom stereocenters. The molecule has 0 saturated carbocycles. The van der Waals surface area contributed by atoms with Crippen molar-refractivity contribution in [3.8, 4) is 0 Å². The van der Waals surface area contributed by atoms with Crippen LogP contribution in [0.15, 0.2) is 28.5 Å². The van der Waals surface area contributed by atoms with Gasteiger partial charge in [0.05, 0.1) is 4.90 Å². The molecule has 1 heterocycles. The van der Waals surface area contributed by atoms with Gasteiger partial charge in [-0.15, -0.1) is 0 Å². The monoisotopic (exact) mass is 208 g/mol. The summed E-state index contributed by atoms with van der Waals surface area (Å²) in [5.41, 5.74) is 1.60. The SMILES string of the molecule is Cc1cccc2c1C(C=O)=CS2(=O)=O. The molecule has 0 unspecified atom stereocenters. The molecule has 0 aromatic heterocycles. The van der Waals surface area contributed by atoms with E-state index in [0.717, 1.165) is 11.0 Å². The van der Waals surface area contributed by atoms with E-state index in [-0.39, 0.29) is 10.5 Å². The summed E-state index contributed by atoms with van der Waals surface area (Å²) in [6.07, 6.45) is 0.580. The lowest BCUT2D eigenvalue weighted by molar-refractivity contribution is -0.103. The summed E-state index contributed by atoms with van der Waals surface area (Å²) in [7, 11) is -3.38. The minimum Gasteiger partial charge on any atom is -0.298 e. The molecule has 4 heteroatoms. The van der Waals surface area contributed by atoms with Crippen molar-refractivity contribution in [3.63, 3.8) is 0 Å². The lowest BCUT2D eigenvalue weighted by Gasteiger charge is -2.02. The maximum absolute atomic E-state index is 11.5. The van der Waals surface area contributed by atoms with Gasteiger partial charge >= 0.3 is 0 Å². The number of hydrogen-bond acceptors (Lipinski definition) is 3. The number of carbonyl (C=O) groups excluding carboxylic acids is 1. The highest BCUT2D eigenvalue weighted by molar-refractivity contribution is 7.95. The number of hydrogen-bond donors (Lipinski definition) is 0. The van der Waals surface area contributed by atoms with Crippen LogP contribution in [-0.4, -0.2) is 14.7 Å². The molecule has 0 fully saturated rings. The van der Waals surface area contributed by atoms with Crippen molar-refractivity contribution in [2.75, 3.05) is 0 Å². The molecular formula is C10H8O3S. The van der Waals surface area contributed by atoms with Crippen molar-refractivity contribution in [2.45, 2.75) is 11.8 Å². The normalized spacial score (nSPS) is 17.4.